The van der Waals surface area contributed by atoms with Gasteiger partial charge in [0.05, 0.1) is 18.1 Å². The van der Waals surface area contributed by atoms with Gasteiger partial charge in [0.15, 0.2) is 0 Å². The van der Waals surface area contributed by atoms with Crippen LogP contribution in [-0.4, -0.2) is 65.9 Å². The smallest absolute Gasteiger partial charge is 0.269 e. The standard InChI is InChI=1S/C27H33N7O2S/c1-19-8-5-6-11-24(19)25-20(2)26(31-27(30-25)32-37(35)23(17-28)18-29-3)36-22-10-7-9-21(16-22)34-14-12-33(4)13-15-34/h5-11,16-18H,12-15,28H2,1-4H3,(H,30,31,32). The van der Waals surface area contributed by atoms with Crippen molar-refractivity contribution in [2.24, 2.45) is 10.7 Å². The Bertz CT molecular complexity index is 1290. The first-order valence-electron chi connectivity index (χ1n) is 12.1. The number of nitrogens with one attached hydrogen (secondary N) is 1. The molecule has 2 heterocycles. The third-order valence-electron chi connectivity index (χ3n) is 6.22. The third-order valence-corrected chi connectivity index (χ3v) is 7.26. The Morgan fingerprint density at radius 2 is 1.86 bits per heavy atom. The molecule has 0 saturated carbocycles. The molecule has 0 amide bonds. The summed E-state index contributed by atoms with van der Waals surface area (Å²) in [4.78, 5) is 18.2. The molecule has 1 atom stereocenters. The van der Waals surface area contributed by atoms with Crippen molar-refractivity contribution in [1.82, 2.24) is 14.9 Å². The van der Waals surface area contributed by atoms with Crippen LogP contribution in [0.4, 0.5) is 11.6 Å². The first kappa shape index (κ1) is 26.5. The number of hydrogen-bond acceptors (Lipinski definition) is 9. The van der Waals surface area contributed by atoms with E-state index in [1.165, 1.54) is 12.4 Å². The molecular formula is C27H33N7O2S. The Hall–Kier alpha value is -3.60. The minimum Gasteiger partial charge on any atom is -0.588 e. The second-order valence-electron chi connectivity index (χ2n) is 8.86. The summed E-state index contributed by atoms with van der Waals surface area (Å²) < 4.78 is 22.0. The van der Waals surface area contributed by atoms with Crippen LogP contribution >= 0.6 is 0 Å². The minimum absolute atomic E-state index is 0.163. The van der Waals surface area contributed by atoms with Gasteiger partial charge in [0.25, 0.3) is 5.95 Å². The second kappa shape index (κ2) is 12.1. The molecule has 3 N–H and O–H groups in total. The van der Waals surface area contributed by atoms with Gasteiger partial charge >= 0.3 is 0 Å². The lowest BCUT2D eigenvalue weighted by atomic mass is 10.0. The van der Waals surface area contributed by atoms with Crippen LogP contribution in [0.2, 0.25) is 0 Å². The number of aryl methyl sites for hydroxylation is 1. The molecule has 0 radical (unpaired) electrons. The van der Waals surface area contributed by atoms with Crippen LogP contribution in [0.15, 0.2) is 64.6 Å². The summed E-state index contributed by atoms with van der Waals surface area (Å²) in [6.07, 6.45) is 2.68. The van der Waals surface area contributed by atoms with Crippen LogP contribution in [0.25, 0.3) is 11.3 Å². The molecule has 10 heteroatoms. The number of benzene rings is 2. The van der Waals surface area contributed by atoms with Crippen molar-refractivity contribution in [3.05, 3.63) is 70.8 Å². The molecule has 2 aromatic carbocycles. The van der Waals surface area contributed by atoms with Gasteiger partial charge in [-0.3, -0.25) is 4.99 Å². The zero-order valence-corrected chi connectivity index (χ0v) is 22.5. The van der Waals surface area contributed by atoms with Gasteiger partial charge in [-0.05, 0) is 38.6 Å². The van der Waals surface area contributed by atoms with Gasteiger partial charge < -0.3 is 24.8 Å². The number of piperazine rings is 1. The molecule has 9 nitrogen and oxygen atoms in total. The van der Waals surface area contributed by atoms with Crippen molar-refractivity contribution in [2.75, 3.05) is 49.9 Å². The lowest BCUT2D eigenvalue weighted by molar-refractivity contribution is 0.312. The van der Waals surface area contributed by atoms with Crippen molar-refractivity contribution in [3.63, 3.8) is 0 Å². The van der Waals surface area contributed by atoms with Crippen molar-refractivity contribution in [1.29, 1.82) is 0 Å². The number of hydrogen-bond donors (Lipinski definition) is 2. The van der Waals surface area contributed by atoms with Gasteiger partial charge in [0.1, 0.15) is 17.1 Å². The molecule has 1 saturated heterocycles. The van der Waals surface area contributed by atoms with Gasteiger partial charge in [-0.1, -0.05) is 30.3 Å². The van der Waals surface area contributed by atoms with E-state index >= 15 is 0 Å². The highest BCUT2D eigenvalue weighted by Crippen LogP contribution is 2.34. The number of anilines is 2. The van der Waals surface area contributed by atoms with E-state index in [1.54, 1.807) is 7.05 Å². The molecule has 0 spiro atoms. The molecule has 1 aliphatic rings. The first-order valence-corrected chi connectivity index (χ1v) is 13.2. The highest BCUT2D eigenvalue weighted by molar-refractivity contribution is 7.97. The second-order valence-corrected chi connectivity index (χ2v) is 10.1. The number of nitrogens with two attached hydrogens (primary N) is 1. The average molecular weight is 520 g/mol. The van der Waals surface area contributed by atoms with Crippen LogP contribution < -0.4 is 20.1 Å². The van der Waals surface area contributed by atoms with E-state index in [9.17, 15) is 4.55 Å². The van der Waals surface area contributed by atoms with Gasteiger partial charge in [-0.2, -0.15) is 9.71 Å². The first-order chi connectivity index (χ1) is 17.9. The van der Waals surface area contributed by atoms with Crippen LogP contribution in [-0.2, 0) is 11.4 Å². The Morgan fingerprint density at radius 3 is 2.57 bits per heavy atom. The lowest BCUT2D eigenvalue weighted by Gasteiger charge is -2.34. The van der Waals surface area contributed by atoms with Gasteiger partial charge in [0, 0.05) is 56.1 Å². The zero-order valence-electron chi connectivity index (χ0n) is 21.6. The van der Waals surface area contributed by atoms with Crippen molar-refractivity contribution in [3.8, 4) is 22.9 Å². The van der Waals surface area contributed by atoms with E-state index in [4.69, 9.17) is 15.5 Å². The molecule has 3 aromatic rings. The maximum Gasteiger partial charge on any atom is 0.269 e. The molecule has 1 aliphatic heterocycles. The molecule has 1 aromatic heterocycles. The fourth-order valence-electron chi connectivity index (χ4n) is 4.08. The molecule has 194 valence electrons. The maximum atomic E-state index is 12.9. The number of aromatic nitrogens is 2. The van der Waals surface area contributed by atoms with Crippen molar-refractivity contribution < 1.29 is 9.29 Å². The fourth-order valence-corrected chi connectivity index (χ4v) is 4.78. The van der Waals surface area contributed by atoms with E-state index in [1.807, 2.05) is 56.3 Å². The van der Waals surface area contributed by atoms with Gasteiger partial charge in [-0.25, -0.2) is 4.98 Å². The van der Waals surface area contributed by atoms with E-state index < -0.39 is 11.4 Å². The van der Waals surface area contributed by atoms with E-state index in [-0.39, 0.29) is 5.95 Å². The van der Waals surface area contributed by atoms with Crippen LogP contribution in [0.5, 0.6) is 11.6 Å². The van der Waals surface area contributed by atoms with Crippen LogP contribution in [0.1, 0.15) is 11.1 Å². The third kappa shape index (κ3) is 6.40. The highest BCUT2D eigenvalue weighted by Gasteiger charge is 2.21. The number of likely N-dealkylation sites (N-methyl/N-ethyl adjacent to an activating group) is 1. The molecule has 0 aliphatic carbocycles. The summed E-state index contributed by atoms with van der Waals surface area (Å²) in [5.74, 6) is 1.21. The molecule has 4 rings (SSSR count). The molecule has 0 bridgehead atoms. The van der Waals surface area contributed by atoms with E-state index in [0.29, 0.717) is 22.2 Å². The summed E-state index contributed by atoms with van der Waals surface area (Å²) >= 11 is -1.70. The average Bonchev–Trinajstić information content (AvgIpc) is 2.90. The van der Waals surface area contributed by atoms with Crippen molar-refractivity contribution in [2.45, 2.75) is 13.8 Å². The number of aliphatic imine (C=N–C) groups is 1. The quantitative estimate of drug-likeness (QED) is 0.340. The summed E-state index contributed by atoms with van der Waals surface area (Å²) in [5.41, 5.74) is 10.2. The monoisotopic (exact) mass is 519 g/mol. The lowest BCUT2D eigenvalue weighted by Crippen LogP contribution is -2.44. The van der Waals surface area contributed by atoms with Gasteiger partial charge in [0.2, 0.25) is 10.8 Å². The van der Waals surface area contributed by atoms with Crippen LogP contribution in [0.3, 0.4) is 0 Å². The van der Waals surface area contributed by atoms with E-state index in [0.717, 1.165) is 48.6 Å². The Balaban J connectivity index is 1.70. The summed E-state index contributed by atoms with van der Waals surface area (Å²) in [5, 5.41) is 0. The highest BCUT2D eigenvalue weighted by atomic mass is 32.2. The largest absolute Gasteiger partial charge is 0.588 e. The summed E-state index contributed by atoms with van der Waals surface area (Å²) in [7, 11) is 3.72. The summed E-state index contributed by atoms with van der Waals surface area (Å²) in [6.45, 7) is 7.91. The number of ether oxygens (including phenoxy) is 1. The SMILES string of the molecule is CN=CC(=CN)[S+]([O-])Nc1nc(Oc2cccc(N3CCN(C)CC3)c2)c(C)c(-c2ccccc2C)n1. The predicted octanol–water partition coefficient (Wildman–Crippen LogP) is 3.88. The maximum absolute atomic E-state index is 12.9. The normalized spacial score (nSPS) is 15.7. The molecule has 1 unspecified atom stereocenters. The molecular weight excluding hydrogens is 486 g/mol. The Kier molecular flexibility index (Phi) is 8.65. The fraction of sp³-hybridized carbons (Fsp3) is 0.296. The molecule has 1 fully saturated rings. The zero-order chi connectivity index (χ0) is 26.4. The Morgan fingerprint density at radius 1 is 1.11 bits per heavy atom. The topological polar surface area (TPSA) is 115 Å². The number of rotatable bonds is 8. The van der Waals surface area contributed by atoms with Crippen LogP contribution in [0, 0.1) is 13.8 Å². The van der Waals surface area contributed by atoms with E-state index in [2.05, 4.69) is 37.6 Å². The minimum atomic E-state index is -1.70. The number of allylic oxidation sites excluding steroid dienone is 1. The Labute approximate surface area is 221 Å². The van der Waals surface area contributed by atoms with Crippen molar-refractivity contribution >= 4 is 29.2 Å². The summed E-state index contributed by atoms with van der Waals surface area (Å²) in [6, 6.07) is 16.0. The van der Waals surface area contributed by atoms with Gasteiger partial charge in [-0.15, -0.1) is 0 Å². The predicted molar refractivity (Wildman–Crippen MR) is 152 cm³/mol. The molecule has 37 heavy (non-hydrogen) atoms. The number of nitrogens with zero attached hydrogens (tertiary/aromatic N) is 5.